The van der Waals surface area contributed by atoms with Gasteiger partial charge in [-0.15, -0.1) is 0 Å². The first-order chi connectivity index (χ1) is 9.21. The molecule has 0 saturated heterocycles. The zero-order valence-electron chi connectivity index (χ0n) is 11.7. The van der Waals surface area contributed by atoms with Gasteiger partial charge in [-0.05, 0) is 30.9 Å². The standard InChI is InChI=1S/C15H23NO3/c1-3-12-7-5-6-8-14(12)19-11-15(18)16-13(4-2)9-10-17/h5-8,13,17H,3-4,9-11H2,1-2H3,(H,16,18). The highest BCUT2D eigenvalue weighted by atomic mass is 16.5. The number of nitrogens with one attached hydrogen (secondary N) is 1. The van der Waals surface area contributed by atoms with Gasteiger partial charge in [0, 0.05) is 12.6 Å². The summed E-state index contributed by atoms with van der Waals surface area (Å²) in [6.07, 6.45) is 2.26. The Morgan fingerprint density at radius 1 is 1.37 bits per heavy atom. The fourth-order valence-electron chi connectivity index (χ4n) is 1.88. The molecular formula is C15H23NO3. The summed E-state index contributed by atoms with van der Waals surface area (Å²) < 4.78 is 5.54. The molecule has 0 radical (unpaired) electrons. The molecule has 0 aliphatic carbocycles. The Labute approximate surface area is 114 Å². The van der Waals surface area contributed by atoms with Crippen molar-refractivity contribution in [1.82, 2.24) is 5.32 Å². The molecule has 0 bridgehead atoms. The van der Waals surface area contributed by atoms with E-state index in [0.717, 1.165) is 24.2 Å². The smallest absolute Gasteiger partial charge is 0.258 e. The summed E-state index contributed by atoms with van der Waals surface area (Å²) in [5.41, 5.74) is 1.10. The number of hydrogen-bond acceptors (Lipinski definition) is 3. The van der Waals surface area contributed by atoms with Gasteiger partial charge in [0.1, 0.15) is 5.75 Å². The second kappa shape index (κ2) is 8.53. The minimum atomic E-state index is -0.147. The van der Waals surface area contributed by atoms with Crippen LogP contribution in [-0.4, -0.2) is 30.3 Å². The van der Waals surface area contributed by atoms with Gasteiger partial charge < -0.3 is 15.2 Å². The number of ether oxygens (including phenoxy) is 1. The predicted molar refractivity (Wildman–Crippen MR) is 75.2 cm³/mol. The Morgan fingerprint density at radius 2 is 2.11 bits per heavy atom. The average Bonchev–Trinajstić information content (AvgIpc) is 2.44. The van der Waals surface area contributed by atoms with Crippen LogP contribution < -0.4 is 10.1 Å². The maximum atomic E-state index is 11.7. The summed E-state index contributed by atoms with van der Waals surface area (Å²) >= 11 is 0. The third kappa shape index (κ3) is 5.30. The number of amides is 1. The average molecular weight is 265 g/mol. The van der Waals surface area contributed by atoms with E-state index < -0.39 is 0 Å². The monoisotopic (exact) mass is 265 g/mol. The Morgan fingerprint density at radius 3 is 2.74 bits per heavy atom. The second-order valence-electron chi connectivity index (χ2n) is 4.43. The molecule has 1 atom stereocenters. The van der Waals surface area contributed by atoms with Crippen LogP contribution in [0.25, 0.3) is 0 Å². The highest BCUT2D eigenvalue weighted by molar-refractivity contribution is 5.77. The summed E-state index contributed by atoms with van der Waals surface area (Å²) in [6.45, 7) is 4.13. The Hall–Kier alpha value is -1.55. The number of rotatable bonds is 8. The molecular weight excluding hydrogens is 242 g/mol. The van der Waals surface area contributed by atoms with Crippen molar-refractivity contribution in [2.24, 2.45) is 0 Å². The van der Waals surface area contributed by atoms with E-state index in [2.05, 4.69) is 12.2 Å². The molecule has 106 valence electrons. The molecule has 0 fully saturated rings. The third-order valence-electron chi connectivity index (χ3n) is 3.05. The summed E-state index contributed by atoms with van der Waals surface area (Å²) in [4.78, 5) is 11.7. The fraction of sp³-hybridized carbons (Fsp3) is 0.533. The molecule has 0 aromatic heterocycles. The summed E-state index contributed by atoms with van der Waals surface area (Å²) in [7, 11) is 0. The number of para-hydroxylation sites is 1. The van der Waals surface area contributed by atoms with Crippen molar-refractivity contribution >= 4 is 5.91 Å². The zero-order chi connectivity index (χ0) is 14.1. The van der Waals surface area contributed by atoms with Gasteiger partial charge in [-0.1, -0.05) is 32.0 Å². The largest absolute Gasteiger partial charge is 0.483 e. The van der Waals surface area contributed by atoms with Gasteiger partial charge >= 0.3 is 0 Å². The molecule has 0 aliphatic rings. The van der Waals surface area contributed by atoms with Crippen LogP contribution in [0.3, 0.4) is 0 Å². The van der Waals surface area contributed by atoms with Crippen LogP contribution in [0.4, 0.5) is 0 Å². The van der Waals surface area contributed by atoms with Crippen LogP contribution in [0.1, 0.15) is 32.3 Å². The lowest BCUT2D eigenvalue weighted by molar-refractivity contribution is -0.123. The molecule has 1 amide bonds. The van der Waals surface area contributed by atoms with Gasteiger partial charge in [0.25, 0.3) is 5.91 Å². The first kappa shape index (κ1) is 15.5. The third-order valence-corrected chi connectivity index (χ3v) is 3.05. The molecule has 0 aliphatic heterocycles. The van der Waals surface area contributed by atoms with Crippen molar-refractivity contribution in [1.29, 1.82) is 0 Å². The van der Waals surface area contributed by atoms with E-state index in [1.807, 2.05) is 31.2 Å². The highest BCUT2D eigenvalue weighted by Crippen LogP contribution is 2.17. The molecule has 1 rings (SSSR count). The van der Waals surface area contributed by atoms with E-state index in [9.17, 15) is 4.79 Å². The van der Waals surface area contributed by atoms with Crippen LogP contribution >= 0.6 is 0 Å². The van der Waals surface area contributed by atoms with Crippen LogP contribution in [0.5, 0.6) is 5.75 Å². The fourth-order valence-corrected chi connectivity index (χ4v) is 1.88. The lowest BCUT2D eigenvalue weighted by Gasteiger charge is -2.16. The summed E-state index contributed by atoms with van der Waals surface area (Å²) in [6, 6.07) is 7.74. The van der Waals surface area contributed by atoms with E-state index in [1.54, 1.807) is 0 Å². The summed E-state index contributed by atoms with van der Waals surface area (Å²) in [5, 5.41) is 11.7. The SMILES string of the molecule is CCc1ccccc1OCC(=O)NC(CC)CCO. The Bertz CT molecular complexity index is 393. The first-order valence-electron chi connectivity index (χ1n) is 6.82. The molecule has 0 saturated carbocycles. The van der Waals surface area contributed by atoms with Crippen LogP contribution in [0.2, 0.25) is 0 Å². The number of benzene rings is 1. The van der Waals surface area contributed by atoms with Crippen molar-refractivity contribution in [3.8, 4) is 5.75 Å². The minimum Gasteiger partial charge on any atom is -0.483 e. The number of aliphatic hydroxyl groups excluding tert-OH is 1. The van der Waals surface area contributed by atoms with Crippen molar-refractivity contribution in [2.45, 2.75) is 39.2 Å². The second-order valence-corrected chi connectivity index (χ2v) is 4.43. The maximum absolute atomic E-state index is 11.7. The topological polar surface area (TPSA) is 58.6 Å². The molecule has 0 spiro atoms. The number of carbonyl (C=O) groups excluding carboxylic acids is 1. The normalized spacial score (nSPS) is 11.9. The number of aliphatic hydroxyl groups is 1. The van der Waals surface area contributed by atoms with Gasteiger partial charge in [0.05, 0.1) is 0 Å². The van der Waals surface area contributed by atoms with Crippen LogP contribution in [-0.2, 0) is 11.2 Å². The lowest BCUT2D eigenvalue weighted by Crippen LogP contribution is -2.38. The van der Waals surface area contributed by atoms with Crippen LogP contribution in [0.15, 0.2) is 24.3 Å². The van der Waals surface area contributed by atoms with Gasteiger partial charge in [-0.25, -0.2) is 0 Å². The molecule has 0 heterocycles. The molecule has 4 heteroatoms. The summed E-state index contributed by atoms with van der Waals surface area (Å²) in [5.74, 6) is 0.613. The zero-order valence-corrected chi connectivity index (χ0v) is 11.7. The van der Waals surface area contributed by atoms with E-state index in [-0.39, 0.29) is 25.2 Å². The van der Waals surface area contributed by atoms with E-state index in [1.165, 1.54) is 0 Å². The maximum Gasteiger partial charge on any atom is 0.258 e. The van der Waals surface area contributed by atoms with Gasteiger partial charge in [-0.2, -0.15) is 0 Å². The number of carbonyl (C=O) groups is 1. The highest BCUT2D eigenvalue weighted by Gasteiger charge is 2.11. The minimum absolute atomic E-state index is 0.0128. The molecule has 1 aromatic carbocycles. The molecule has 1 unspecified atom stereocenters. The van der Waals surface area contributed by atoms with E-state index >= 15 is 0 Å². The predicted octanol–water partition coefficient (Wildman–Crippen LogP) is 1.90. The van der Waals surface area contributed by atoms with Gasteiger partial charge in [-0.3, -0.25) is 4.79 Å². The first-order valence-corrected chi connectivity index (χ1v) is 6.82. The van der Waals surface area contributed by atoms with E-state index in [0.29, 0.717) is 6.42 Å². The van der Waals surface area contributed by atoms with Crippen molar-refractivity contribution in [3.63, 3.8) is 0 Å². The van der Waals surface area contributed by atoms with Crippen LogP contribution in [0, 0.1) is 0 Å². The quantitative estimate of drug-likeness (QED) is 0.755. The number of aryl methyl sites for hydroxylation is 1. The van der Waals surface area contributed by atoms with Crippen molar-refractivity contribution < 1.29 is 14.6 Å². The van der Waals surface area contributed by atoms with Crippen molar-refractivity contribution in [2.75, 3.05) is 13.2 Å². The molecule has 19 heavy (non-hydrogen) atoms. The van der Waals surface area contributed by atoms with E-state index in [4.69, 9.17) is 9.84 Å². The molecule has 1 aromatic rings. The molecule has 4 nitrogen and oxygen atoms in total. The molecule has 2 N–H and O–H groups in total. The van der Waals surface area contributed by atoms with Gasteiger partial charge in [0.2, 0.25) is 0 Å². The van der Waals surface area contributed by atoms with Gasteiger partial charge in [0.15, 0.2) is 6.61 Å². The Kier molecular flexibility index (Phi) is 6.97. The number of hydrogen-bond donors (Lipinski definition) is 2. The Balaban J connectivity index is 2.45. The lowest BCUT2D eigenvalue weighted by atomic mass is 10.1. The van der Waals surface area contributed by atoms with Crippen molar-refractivity contribution in [3.05, 3.63) is 29.8 Å².